The number of carboxylic acids is 1. The molecule has 0 aromatic heterocycles. The summed E-state index contributed by atoms with van der Waals surface area (Å²) >= 11 is 6.09. The number of piperidine rings is 1. The van der Waals surface area contributed by atoms with Crippen LogP contribution in [-0.4, -0.2) is 57.8 Å². The van der Waals surface area contributed by atoms with E-state index < -0.39 is 17.9 Å². The smallest absolute Gasteiger partial charge is 0.303 e. The number of carboxylic acid groups (broad SMARTS) is 1. The number of amides is 1. The standard InChI is InChI=1S/C42H47ClN2O7/c43-36-18-16-35(17-19-36)42(50)20-22-45(23-21-42)27-37-25-38(32-10-8-29(28-46)9-11-32)52-41(51-37)33-14-12-31(13-15-33)34-5-3-4-30(24-34)26-44-39(47)6-1-2-7-40(48)49/h3-5,8-19,24,37-38,41,46,50H,1-2,6-7,20-23,25-28H2,(H,44,47)(H,48,49)/t37-,38+,41+/m0/s1. The lowest BCUT2D eigenvalue weighted by Gasteiger charge is -2.42. The van der Waals surface area contributed by atoms with Gasteiger partial charge in [0.1, 0.15) is 0 Å². The second-order valence-electron chi connectivity index (χ2n) is 13.9. The van der Waals surface area contributed by atoms with Crippen molar-refractivity contribution in [2.24, 2.45) is 0 Å². The zero-order valence-corrected chi connectivity index (χ0v) is 30.0. The topological polar surface area (TPSA) is 129 Å². The van der Waals surface area contributed by atoms with Crippen LogP contribution in [0.3, 0.4) is 0 Å². The number of carbonyl (C=O) groups excluding carboxylic acids is 1. The molecule has 0 saturated carbocycles. The molecule has 0 spiro atoms. The second kappa shape index (κ2) is 17.6. The summed E-state index contributed by atoms with van der Waals surface area (Å²) in [6, 6.07) is 31.6. The molecule has 0 aliphatic carbocycles. The molecular formula is C42H47ClN2O7. The van der Waals surface area contributed by atoms with E-state index in [0.717, 1.165) is 52.0 Å². The molecule has 0 unspecified atom stereocenters. The summed E-state index contributed by atoms with van der Waals surface area (Å²) in [5, 5.41) is 33.4. The predicted octanol–water partition coefficient (Wildman–Crippen LogP) is 7.29. The van der Waals surface area contributed by atoms with Gasteiger partial charge in [0.15, 0.2) is 6.29 Å². The Hall–Kier alpha value is -4.09. The number of aliphatic hydroxyl groups excluding tert-OH is 1. The first-order valence-corrected chi connectivity index (χ1v) is 18.4. The fourth-order valence-corrected chi connectivity index (χ4v) is 7.15. The SMILES string of the molecule is O=C(O)CCCCC(=O)NCc1cccc(-c2ccc([C@@H]3O[C@H](CN4CCC(O)(c5ccc(Cl)cc5)CC4)C[C@H](c4ccc(CO)cc4)O3)cc2)c1. The maximum Gasteiger partial charge on any atom is 0.303 e. The van der Waals surface area contributed by atoms with Crippen LogP contribution in [0.15, 0.2) is 97.1 Å². The van der Waals surface area contributed by atoms with Crippen LogP contribution >= 0.6 is 11.6 Å². The number of benzene rings is 4. The summed E-state index contributed by atoms with van der Waals surface area (Å²) in [6.07, 6.45) is 2.45. The number of hydrogen-bond donors (Lipinski definition) is 4. The number of aliphatic hydroxyl groups is 2. The van der Waals surface area contributed by atoms with Gasteiger partial charge in [0.05, 0.1) is 24.4 Å². The van der Waals surface area contributed by atoms with Gasteiger partial charge in [0, 0.05) is 56.0 Å². The van der Waals surface area contributed by atoms with E-state index in [2.05, 4.69) is 28.4 Å². The van der Waals surface area contributed by atoms with Gasteiger partial charge >= 0.3 is 5.97 Å². The van der Waals surface area contributed by atoms with Crippen molar-refractivity contribution in [2.45, 2.75) is 82.2 Å². The van der Waals surface area contributed by atoms with Gasteiger partial charge in [-0.3, -0.25) is 9.59 Å². The third-order valence-electron chi connectivity index (χ3n) is 10.1. The Labute approximate surface area is 310 Å². The molecule has 2 fully saturated rings. The van der Waals surface area contributed by atoms with Gasteiger partial charge in [0.2, 0.25) is 5.91 Å². The monoisotopic (exact) mass is 726 g/mol. The molecule has 0 radical (unpaired) electrons. The summed E-state index contributed by atoms with van der Waals surface area (Å²) in [6.45, 7) is 2.57. The molecule has 9 nitrogen and oxygen atoms in total. The molecule has 52 heavy (non-hydrogen) atoms. The first-order chi connectivity index (χ1) is 25.2. The van der Waals surface area contributed by atoms with E-state index in [4.69, 9.17) is 26.2 Å². The Morgan fingerprint density at radius 3 is 2.21 bits per heavy atom. The number of nitrogens with zero attached hydrogens (tertiary/aromatic N) is 1. The first kappa shape index (κ1) is 37.7. The van der Waals surface area contributed by atoms with Gasteiger partial charge in [-0.25, -0.2) is 0 Å². The largest absolute Gasteiger partial charge is 0.481 e. The molecule has 4 N–H and O–H groups in total. The van der Waals surface area contributed by atoms with Crippen molar-refractivity contribution in [3.63, 3.8) is 0 Å². The fraction of sp³-hybridized carbons (Fsp3) is 0.381. The van der Waals surface area contributed by atoms with Crippen molar-refractivity contribution in [3.8, 4) is 11.1 Å². The van der Waals surface area contributed by atoms with E-state index in [-0.39, 0.29) is 31.1 Å². The van der Waals surface area contributed by atoms with Crippen molar-refractivity contribution >= 4 is 23.5 Å². The van der Waals surface area contributed by atoms with E-state index in [1.165, 1.54) is 0 Å². The highest BCUT2D eigenvalue weighted by atomic mass is 35.5. The summed E-state index contributed by atoms with van der Waals surface area (Å²) in [5.41, 5.74) is 5.83. The molecule has 2 heterocycles. The highest BCUT2D eigenvalue weighted by Gasteiger charge is 2.37. The van der Waals surface area contributed by atoms with Crippen LogP contribution in [-0.2, 0) is 37.8 Å². The highest BCUT2D eigenvalue weighted by molar-refractivity contribution is 6.30. The Morgan fingerprint density at radius 1 is 0.827 bits per heavy atom. The number of aliphatic carboxylic acids is 1. The van der Waals surface area contributed by atoms with E-state index in [0.29, 0.717) is 56.6 Å². The molecule has 4 aromatic rings. The number of rotatable bonds is 14. The number of nitrogens with one attached hydrogen (secondary N) is 1. The van der Waals surface area contributed by atoms with Crippen LogP contribution in [0.25, 0.3) is 11.1 Å². The minimum Gasteiger partial charge on any atom is -0.481 e. The maximum atomic E-state index is 12.3. The Kier molecular flexibility index (Phi) is 12.8. The van der Waals surface area contributed by atoms with Crippen LogP contribution in [0.5, 0.6) is 0 Å². The lowest BCUT2D eigenvalue weighted by Crippen LogP contribution is -2.46. The average Bonchev–Trinajstić information content (AvgIpc) is 3.17. The van der Waals surface area contributed by atoms with E-state index in [9.17, 15) is 19.8 Å². The normalized spacial score (nSPS) is 20.3. The van der Waals surface area contributed by atoms with Crippen molar-refractivity contribution in [3.05, 3.63) is 130 Å². The molecule has 4 aromatic carbocycles. The zero-order valence-electron chi connectivity index (χ0n) is 29.3. The minimum absolute atomic E-state index is 0.0163. The number of unbranched alkanes of at least 4 members (excludes halogenated alkanes) is 1. The van der Waals surface area contributed by atoms with Gasteiger partial charge in [0.25, 0.3) is 0 Å². The quantitative estimate of drug-likeness (QED) is 0.0998. The molecule has 1 amide bonds. The lowest BCUT2D eigenvalue weighted by molar-refractivity contribution is -0.253. The molecule has 2 aliphatic rings. The number of hydrogen-bond acceptors (Lipinski definition) is 7. The van der Waals surface area contributed by atoms with Gasteiger partial charge < -0.3 is 35.0 Å². The molecular weight excluding hydrogens is 680 g/mol. The molecule has 2 saturated heterocycles. The van der Waals surface area contributed by atoms with Crippen LogP contribution in [0.1, 0.15) is 85.2 Å². The van der Waals surface area contributed by atoms with Crippen molar-refractivity contribution in [2.75, 3.05) is 19.6 Å². The Balaban J connectivity index is 1.10. The lowest BCUT2D eigenvalue weighted by atomic mass is 9.84. The zero-order chi connectivity index (χ0) is 36.5. The summed E-state index contributed by atoms with van der Waals surface area (Å²) < 4.78 is 13.2. The maximum absolute atomic E-state index is 12.3. The first-order valence-electron chi connectivity index (χ1n) is 18.1. The third-order valence-corrected chi connectivity index (χ3v) is 10.4. The predicted molar refractivity (Wildman–Crippen MR) is 199 cm³/mol. The minimum atomic E-state index is -0.878. The van der Waals surface area contributed by atoms with E-state index >= 15 is 0 Å². The van der Waals surface area contributed by atoms with Gasteiger partial charge in [-0.2, -0.15) is 0 Å². The molecule has 10 heteroatoms. The molecule has 0 bridgehead atoms. The Bertz CT molecular complexity index is 1770. The van der Waals surface area contributed by atoms with Crippen LogP contribution in [0, 0.1) is 0 Å². The van der Waals surface area contributed by atoms with Crippen molar-refractivity contribution < 1.29 is 34.4 Å². The number of halogens is 1. The summed E-state index contributed by atoms with van der Waals surface area (Å²) in [5.74, 6) is -0.935. The van der Waals surface area contributed by atoms with Gasteiger partial charge in [-0.1, -0.05) is 90.5 Å². The molecule has 6 rings (SSSR count). The van der Waals surface area contributed by atoms with Gasteiger partial charge in [-0.15, -0.1) is 0 Å². The van der Waals surface area contributed by atoms with Crippen LogP contribution in [0.4, 0.5) is 0 Å². The van der Waals surface area contributed by atoms with E-state index in [1.807, 2.05) is 78.9 Å². The van der Waals surface area contributed by atoms with Crippen molar-refractivity contribution in [1.82, 2.24) is 10.2 Å². The summed E-state index contributed by atoms with van der Waals surface area (Å²) in [7, 11) is 0. The average molecular weight is 727 g/mol. The highest BCUT2D eigenvalue weighted by Crippen LogP contribution is 2.40. The number of carbonyl (C=O) groups is 2. The number of likely N-dealkylation sites (tertiary alicyclic amines) is 1. The van der Waals surface area contributed by atoms with Crippen LogP contribution < -0.4 is 5.32 Å². The van der Waals surface area contributed by atoms with Gasteiger partial charge in [-0.05, 0) is 77.3 Å². The van der Waals surface area contributed by atoms with Crippen LogP contribution in [0.2, 0.25) is 5.02 Å². The number of ether oxygens (including phenoxy) is 2. The summed E-state index contributed by atoms with van der Waals surface area (Å²) in [4.78, 5) is 25.3. The van der Waals surface area contributed by atoms with E-state index in [1.54, 1.807) is 0 Å². The second-order valence-corrected chi connectivity index (χ2v) is 14.3. The fourth-order valence-electron chi connectivity index (χ4n) is 7.02. The molecule has 2 aliphatic heterocycles. The molecule has 3 atom stereocenters. The Morgan fingerprint density at radius 2 is 1.52 bits per heavy atom. The third kappa shape index (κ3) is 10.1. The molecule has 274 valence electrons. The van der Waals surface area contributed by atoms with Crippen molar-refractivity contribution in [1.29, 1.82) is 0 Å².